The van der Waals surface area contributed by atoms with Gasteiger partial charge in [0.25, 0.3) is 0 Å². The Kier molecular flexibility index (Phi) is 9.53. The summed E-state index contributed by atoms with van der Waals surface area (Å²) in [5, 5.41) is 8.66. The summed E-state index contributed by atoms with van der Waals surface area (Å²) < 4.78 is 0. The highest BCUT2D eigenvalue weighted by Crippen LogP contribution is 2.41. The number of rotatable bonds is 5. The van der Waals surface area contributed by atoms with Gasteiger partial charge < -0.3 is 15.5 Å². The number of thiophene rings is 1. The lowest BCUT2D eigenvalue weighted by atomic mass is 9.73. The molecule has 2 aliphatic rings. The number of amides is 1. The Morgan fingerprint density at radius 2 is 2.00 bits per heavy atom. The number of likely N-dealkylation sites (tertiary alicyclic amines) is 1. The molecule has 1 aliphatic carbocycles. The van der Waals surface area contributed by atoms with Gasteiger partial charge in [-0.15, -0.1) is 35.3 Å². The SMILES string of the molecule is CN=C(NCC1(c2cccs2)CCCCC1)N1CCC(CC(=O)NC)CC1.I. The fraction of sp³-hybridized carbons (Fsp3) is 0.714. The van der Waals surface area contributed by atoms with Gasteiger partial charge in [0.05, 0.1) is 0 Å². The minimum atomic E-state index is 0. The maximum Gasteiger partial charge on any atom is 0.220 e. The van der Waals surface area contributed by atoms with Gasteiger partial charge in [-0.2, -0.15) is 0 Å². The fourth-order valence-electron chi connectivity index (χ4n) is 4.61. The molecular weight excluding hydrogens is 483 g/mol. The van der Waals surface area contributed by atoms with Crippen molar-refractivity contribution in [3.63, 3.8) is 0 Å². The summed E-state index contributed by atoms with van der Waals surface area (Å²) in [6.07, 6.45) is 9.32. The van der Waals surface area contributed by atoms with Crippen LogP contribution in [0.1, 0.15) is 56.2 Å². The highest BCUT2D eigenvalue weighted by Gasteiger charge is 2.35. The molecule has 1 aliphatic heterocycles. The Morgan fingerprint density at radius 1 is 1.29 bits per heavy atom. The molecule has 7 heteroatoms. The third-order valence-electron chi connectivity index (χ3n) is 6.32. The molecule has 2 fully saturated rings. The maximum absolute atomic E-state index is 11.6. The number of carbonyl (C=O) groups excluding carboxylic acids is 1. The number of aliphatic imine (C=N–C) groups is 1. The first-order valence-electron chi connectivity index (χ1n) is 10.4. The summed E-state index contributed by atoms with van der Waals surface area (Å²) >= 11 is 1.90. The molecule has 0 radical (unpaired) electrons. The second kappa shape index (κ2) is 11.4. The lowest BCUT2D eigenvalue weighted by Crippen LogP contribution is -2.50. The predicted octanol–water partition coefficient (Wildman–Crippen LogP) is 3.99. The zero-order valence-electron chi connectivity index (χ0n) is 17.2. The minimum Gasteiger partial charge on any atom is -0.359 e. The number of piperidine rings is 1. The van der Waals surface area contributed by atoms with Crippen molar-refractivity contribution in [1.82, 2.24) is 15.5 Å². The molecular formula is C21H35IN4OS. The molecule has 0 aromatic carbocycles. The van der Waals surface area contributed by atoms with E-state index in [1.807, 2.05) is 18.4 Å². The van der Waals surface area contributed by atoms with Crippen LogP contribution in [0.4, 0.5) is 0 Å². The normalized spacial score (nSPS) is 20.4. The molecule has 2 heterocycles. The molecule has 2 N–H and O–H groups in total. The van der Waals surface area contributed by atoms with Crippen molar-refractivity contribution in [3.05, 3.63) is 22.4 Å². The zero-order chi connectivity index (χ0) is 19.1. The van der Waals surface area contributed by atoms with Gasteiger partial charge in [-0.1, -0.05) is 25.3 Å². The number of nitrogens with zero attached hydrogens (tertiary/aromatic N) is 2. The van der Waals surface area contributed by atoms with E-state index in [1.54, 1.807) is 7.05 Å². The second-order valence-corrected chi connectivity index (χ2v) is 8.97. The minimum absolute atomic E-state index is 0. The van der Waals surface area contributed by atoms with Crippen LogP contribution in [0, 0.1) is 5.92 Å². The van der Waals surface area contributed by atoms with Crippen LogP contribution >= 0.6 is 35.3 Å². The molecule has 5 nitrogen and oxygen atoms in total. The molecule has 3 rings (SSSR count). The summed E-state index contributed by atoms with van der Waals surface area (Å²) in [5.41, 5.74) is 0.264. The number of guanidine groups is 1. The summed E-state index contributed by atoms with van der Waals surface area (Å²) in [7, 11) is 3.61. The van der Waals surface area contributed by atoms with Crippen molar-refractivity contribution in [2.75, 3.05) is 33.7 Å². The van der Waals surface area contributed by atoms with Gasteiger partial charge in [-0.05, 0) is 43.0 Å². The van der Waals surface area contributed by atoms with Crippen molar-refractivity contribution >= 4 is 47.2 Å². The van der Waals surface area contributed by atoms with Crippen LogP contribution in [0.15, 0.2) is 22.5 Å². The lowest BCUT2D eigenvalue weighted by Gasteiger charge is -2.39. The monoisotopic (exact) mass is 518 g/mol. The van der Waals surface area contributed by atoms with E-state index < -0.39 is 0 Å². The van der Waals surface area contributed by atoms with Gasteiger partial charge in [0.2, 0.25) is 5.91 Å². The summed E-state index contributed by atoms with van der Waals surface area (Å²) in [4.78, 5) is 20.1. The van der Waals surface area contributed by atoms with E-state index in [0.29, 0.717) is 12.3 Å². The smallest absolute Gasteiger partial charge is 0.220 e. The zero-order valence-corrected chi connectivity index (χ0v) is 20.4. The van der Waals surface area contributed by atoms with Gasteiger partial charge in [0.1, 0.15) is 0 Å². The number of nitrogens with one attached hydrogen (secondary N) is 2. The highest BCUT2D eigenvalue weighted by molar-refractivity contribution is 14.0. The van der Waals surface area contributed by atoms with Gasteiger partial charge in [-0.3, -0.25) is 9.79 Å². The number of hydrogen-bond donors (Lipinski definition) is 2. The molecule has 0 bridgehead atoms. The van der Waals surface area contributed by atoms with Crippen molar-refractivity contribution in [1.29, 1.82) is 0 Å². The molecule has 0 spiro atoms. The van der Waals surface area contributed by atoms with Gasteiger partial charge in [-0.25, -0.2) is 0 Å². The van der Waals surface area contributed by atoms with Gasteiger partial charge in [0, 0.05) is 50.4 Å². The summed E-state index contributed by atoms with van der Waals surface area (Å²) in [6.45, 7) is 2.93. The molecule has 1 aromatic rings. The Balaban J connectivity index is 0.00000280. The standard InChI is InChI=1S/C21H34N4OS.HI/c1-22-19(26)15-17-8-12-25(13-9-17)20(23-2)24-16-21(10-4-3-5-11-21)18-7-6-14-27-18;/h6-7,14,17H,3-5,8-13,15-16H2,1-2H3,(H,22,26)(H,23,24);1H. The Morgan fingerprint density at radius 3 is 2.57 bits per heavy atom. The second-order valence-electron chi connectivity index (χ2n) is 8.03. The van der Waals surface area contributed by atoms with E-state index in [9.17, 15) is 4.79 Å². The molecule has 0 atom stereocenters. The highest BCUT2D eigenvalue weighted by atomic mass is 127. The molecule has 1 saturated heterocycles. The quantitative estimate of drug-likeness (QED) is 0.352. The van der Waals surface area contributed by atoms with Gasteiger partial charge >= 0.3 is 0 Å². The van der Waals surface area contributed by atoms with Crippen LogP contribution in [0.3, 0.4) is 0 Å². The first-order valence-corrected chi connectivity index (χ1v) is 11.2. The maximum atomic E-state index is 11.6. The number of carbonyl (C=O) groups is 1. The van der Waals surface area contributed by atoms with E-state index in [-0.39, 0.29) is 35.3 Å². The average Bonchev–Trinajstić information content (AvgIpc) is 3.26. The average molecular weight is 519 g/mol. The number of halogens is 1. The summed E-state index contributed by atoms with van der Waals surface area (Å²) in [5.74, 6) is 1.68. The molecule has 1 amide bonds. The third kappa shape index (κ3) is 5.84. The first-order chi connectivity index (χ1) is 13.2. The number of hydrogen-bond acceptors (Lipinski definition) is 3. The van der Waals surface area contributed by atoms with Crippen LogP contribution in [0.2, 0.25) is 0 Å². The topological polar surface area (TPSA) is 56.7 Å². The predicted molar refractivity (Wildman–Crippen MR) is 129 cm³/mol. The van der Waals surface area contributed by atoms with Crippen molar-refractivity contribution in [3.8, 4) is 0 Å². The largest absolute Gasteiger partial charge is 0.359 e. The van der Waals surface area contributed by atoms with Crippen molar-refractivity contribution in [2.45, 2.75) is 56.8 Å². The molecule has 1 aromatic heterocycles. The van der Waals surface area contributed by atoms with E-state index in [1.165, 1.54) is 37.0 Å². The first kappa shape index (κ1) is 23.4. The van der Waals surface area contributed by atoms with E-state index in [4.69, 9.17) is 0 Å². The van der Waals surface area contributed by atoms with Crippen LogP contribution < -0.4 is 10.6 Å². The van der Waals surface area contributed by atoms with Crippen LogP contribution in [-0.2, 0) is 10.2 Å². The van der Waals surface area contributed by atoms with E-state index in [0.717, 1.165) is 38.4 Å². The van der Waals surface area contributed by atoms with Crippen LogP contribution in [0.5, 0.6) is 0 Å². The molecule has 1 saturated carbocycles. The van der Waals surface area contributed by atoms with Crippen LogP contribution in [-0.4, -0.2) is 50.5 Å². The Hall–Kier alpha value is -0.830. The molecule has 28 heavy (non-hydrogen) atoms. The Labute approximate surface area is 190 Å². The molecule has 0 unspecified atom stereocenters. The van der Waals surface area contributed by atoms with E-state index >= 15 is 0 Å². The molecule has 158 valence electrons. The van der Waals surface area contributed by atoms with Gasteiger partial charge in [0.15, 0.2) is 5.96 Å². The van der Waals surface area contributed by atoms with E-state index in [2.05, 4.69) is 38.0 Å². The summed E-state index contributed by atoms with van der Waals surface area (Å²) in [6, 6.07) is 4.49. The fourth-order valence-corrected chi connectivity index (χ4v) is 5.60. The van der Waals surface area contributed by atoms with Crippen molar-refractivity contribution < 1.29 is 4.79 Å². The van der Waals surface area contributed by atoms with Crippen molar-refractivity contribution in [2.24, 2.45) is 10.9 Å². The lowest BCUT2D eigenvalue weighted by molar-refractivity contribution is -0.121. The Bertz CT molecular complexity index is 620. The van der Waals surface area contributed by atoms with Crippen LogP contribution in [0.25, 0.3) is 0 Å². The third-order valence-corrected chi connectivity index (χ3v) is 7.43.